The molecule has 1 aromatic rings. The predicted molar refractivity (Wildman–Crippen MR) is 74.6 cm³/mol. The van der Waals surface area contributed by atoms with Gasteiger partial charge in [-0.1, -0.05) is 29.4 Å². The Labute approximate surface area is 121 Å². The molecule has 112 valence electrons. The van der Waals surface area contributed by atoms with E-state index >= 15 is 0 Å². The third-order valence-corrected chi connectivity index (χ3v) is 3.56. The molecule has 0 bridgehead atoms. The molecule has 7 heteroatoms. The van der Waals surface area contributed by atoms with Crippen LogP contribution < -0.4 is 11.1 Å². The molecule has 0 radical (unpaired) electrons. The van der Waals surface area contributed by atoms with Crippen LogP contribution in [0.1, 0.15) is 30.0 Å². The first-order valence-corrected chi connectivity index (χ1v) is 6.50. The van der Waals surface area contributed by atoms with E-state index in [0.29, 0.717) is 12.0 Å². The number of hydrogen-bond donors (Lipinski definition) is 3. The van der Waals surface area contributed by atoms with E-state index in [9.17, 15) is 9.59 Å². The summed E-state index contributed by atoms with van der Waals surface area (Å²) in [5.74, 6) is -0.879. The van der Waals surface area contributed by atoms with Gasteiger partial charge in [0, 0.05) is 5.56 Å². The first-order valence-electron chi connectivity index (χ1n) is 6.50. The van der Waals surface area contributed by atoms with Crippen molar-refractivity contribution in [2.45, 2.75) is 18.9 Å². The number of amides is 1. The fourth-order valence-electron chi connectivity index (χ4n) is 2.36. The number of rotatable bonds is 4. The van der Waals surface area contributed by atoms with Gasteiger partial charge in [-0.25, -0.2) is 0 Å². The Kier molecular flexibility index (Phi) is 4.42. The molecule has 0 unspecified atom stereocenters. The minimum atomic E-state index is -0.391. The number of benzene rings is 1. The molecule has 4 N–H and O–H groups in total. The molecule has 0 spiro atoms. The van der Waals surface area contributed by atoms with Gasteiger partial charge in [-0.2, -0.15) is 0 Å². The number of oxime groups is 1. The maximum atomic E-state index is 11.8. The van der Waals surface area contributed by atoms with Crippen molar-refractivity contribution >= 4 is 17.7 Å². The highest BCUT2D eigenvalue weighted by Gasteiger charge is 2.34. The number of esters is 1. The summed E-state index contributed by atoms with van der Waals surface area (Å²) in [5.41, 5.74) is 6.99. The van der Waals surface area contributed by atoms with Crippen LogP contribution in [0.25, 0.3) is 0 Å². The maximum absolute atomic E-state index is 11.8. The third kappa shape index (κ3) is 3.31. The zero-order chi connectivity index (χ0) is 15.4. The zero-order valence-corrected chi connectivity index (χ0v) is 11.6. The van der Waals surface area contributed by atoms with Crippen molar-refractivity contribution in [2.75, 3.05) is 7.11 Å². The molecule has 2 atom stereocenters. The molecular weight excluding hydrogens is 274 g/mol. The van der Waals surface area contributed by atoms with E-state index in [-0.39, 0.29) is 30.1 Å². The van der Waals surface area contributed by atoms with Gasteiger partial charge < -0.3 is 21.0 Å². The van der Waals surface area contributed by atoms with Crippen LogP contribution >= 0.6 is 0 Å². The van der Waals surface area contributed by atoms with Gasteiger partial charge in [0.05, 0.1) is 25.5 Å². The molecule has 1 aliphatic rings. The molecule has 0 aliphatic carbocycles. The molecule has 21 heavy (non-hydrogen) atoms. The van der Waals surface area contributed by atoms with Crippen LogP contribution in [0, 0.1) is 5.92 Å². The standard InChI is InChI=1S/C14H17N3O4/c1-21-12(18)7-10-6-11(16-14(10)19)8-2-4-9(5-3-8)13(15)17-20/h2-5,10-11,20H,6-7H2,1H3,(H2,15,17)(H,16,19)/t10-,11-/m1/s1. The number of methoxy groups -OCH3 is 1. The predicted octanol–water partition coefficient (Wildman–Crippen LogP) is 0.521. The van der Waals surface area contributed by atoms with E-state index in [1.54, 1.807) is 24.3 Å². The summed E-state index contributed by atoms with van der Waals surface area (Å²) < 4.78 is 4.59. The van der Waals surface area contributed by atoms with Gasteiger partial charge in [-0.15, -0.1) is 0 Å². The second kappa shape index (κ2) is 6.25. The van der Waals surface area contributed by atoms with Gasteiger partial charge in [-0.05, 0) is 12.0 Å². The molecular formula is C14H17N3O4. The Hall–Kier alpha value is -2.57. The minimum Gasteiger partial charge on any atom is -0.469 e. The molecule has 0 aromatic heterocycles. The van der Waals surface area contributed by atoms with Gasteiger partial charge in [0.1, 0.15) is 0 Å². The van der Waals surface area contributed by atoms with Crippen LogP contribution in [0.2, 0.25) is 0 Å². The summed E-state index contributed by atoms with van der Waals surface area (Å²) in [4.78, 5) is 23.1. The van der Waals surface area contributed by atoms with Crippen molar-refractivity contribution in [1.29, 1.82) is 0 Å². The first-order chi connectivity index (χ1) is 10.0. The smallest absolute Gasteiger partial charge is 0.306 e. The third-order valence-electron chi connectivity index (χ3n) is 3.56. The number of ether oxygens (including phenoxy) is 1. The quantitative estimate of drug-likeness (QED) is 0.246. The Bertz CT molecular complexity index is 568. The Morgan fingerprint density at radius 1 is 1.48 bits per heavy atom. The number of carbonyl (C=O) groups is 2. The Morgan fingerprint density at radius 3 is 2.71 bits per heavy atom. The van der Waals surface area contributed by atoms with E-state index in [4.69, 9.17) is 10.9 Å². The summed E-state index contributed by atoms with van der Waals surface area (Å²) in [6, 6.07) is 6.89. The lowest BCUT2D eigenvalue weighted by Gasteiger charge is -2.11. The summed E-state index contributed by atoms with van der Waals surface area (Å²) in [6.45, 7) is 0. The lowest BCUT2D eigenvalue weighted by Crippen LogP contribution is -2.23. The van der Waals surface area contributed by atoms with Crippen molar-refractivity contribution in [3.8, 4) is 0 Å². The number of nitrogens with zero attached hydrogens (tertiary/aromatic N) is 1. The normalized spacial score (nSPS) is 22.0. The lowest BCUT2D eigenvalue weighted by atomic mass is 9.97. The number of hydrogen-bond acceptors (Lipinski definition) is 5. The van der Waals surface area contributed by atoms with Crippen molar-refractivity contribution in [2.24, 2.45) is 16.8 Å². The monoisotopic (exact) mass is 291 g/mol. The highest BCUT2D eigenvalue weighted by atomic mass is 16.5. The van der Waals surface area contributed by atoms with E-state index in [1.807, 2.05) is 0 Å². The minimum absolute atomic E-state index is 0.0283. The molecule has 1 fully saturated rings. The lowest BCUT2D eigenvalue weighted by molar-refractivity contribution is -0.143. The van der Waals surface area contributed by atoms with Gasteiger partial charge in [0.2, 0.25) is 5.91 Å². The number of nitrogens with two attached hydrogens (primary N) is 1. The van der Waals surface area contributed by atoms with Crippen molar-refractivity contribution in [3.63, 3.8) is 0 Å². The Balaban J connectivity index is 2.06. The van der Waals surface area contributed by atoms with Crippen LogP contribution in [-0.4, -0.2) is 30.0 Å². The van der Waals surface area contributed by atoms with Gasteiger partial charge in [-0.3, -0.25) is 9.59 Å². The van der Waals surface area contributed by atoms with Crippen molar-refractivity contribution in [3.05, 3.63) is 35.4 Å². The van der Waals surface area contributed by atoms with Crippen molar-refractivity contribution in [1.82, 2.24) is 5.32 Å². The summed E-state index contributed by atoms with van der Waals surface area (Å²) >= 11 is 0. The van der Waals surface area contributed by atoms with Crippen LogP contribution in [0.4, 0.5) is 0 Å². The molecule has 1 heterocycles. The number of nitrogens with one attached hydrogen (secondary N) is 1. The summed E-state index contributed by atoms with van der Waals surface area (Å²) in [6.07, 6.45) is 0.623. The highest BCUT2D eigenvalue weighted by Crippen LogP contribution is 2.30. The zero-order valence-electron chi connectivity index (χ0n) is 11.6. The maximum Gasteiger partial charge on any atom is 0.306 e. The average molecular weight is 291 g/mol. The van der Waals surface area contributed by atoms with E-state index in [2.05, 4.69) is 15.2 Å². The van der Waals surface area contributed by atoms with Crippen LogP contribution in [0.15, 0.2) is 29.4 Å². The summed E-state index contributed by atoms with van der Waals surface area (Å²) in [5, 5.41) is 14.4. The van der Waals surface area contributed by atoms with E-state index < -0.39 is 5.97 Å². The second-order valence-electron chi connectivity index (χ2n) is 4.88. The van der Waals surface area contributed by atoms with Crippen molar-refractivity contribution < 1.29 is 19.5 Å². The Morgan fingerprint density at radius 2 is 2.14 bits per heavy atom. The molecule has 1 amide bonds. The molecule has 1 aliphatic heterocycles. The average Bonchev–Trinajstić information content (AvgIpc) is 2.87. The fraction of sp³-hybridized carbons (Fsp3) is 0.357. The molecule has 2 rings (SSSR count). The largest absolute Gasteiger partial charge is 0.469 e. The van der Waals surface area contributed by atoms with Gasteiger partial charge >= 0.3 is 5.97 Å². The van der Waals surface area contributed by atoms with E-state index in [0.717, 1.165) is 5.56 Å². The number of amidine groups is 1. The van der Waals surface area contributed by atoms with E-state index in [1.165, 1.54) is 7.11 Å². The van der Waals surface area contributed by atoms with Gasteiger partial charge in [0.15, 0.2) is 5.84 Å². The first kappa shape index (κ1) is 14.8. The topological polar surface area (TPSA) is 114 Å². The summed E-state index contributed by atoms with van der Waals surface area (Å²) in [7, 11) is 1.30. The van der Waals surface area contributed by atoms with Crippen LogP contribution in [-0.2, 0) is 14.3 Å². The van der Waals surface area contributed by atoms with Crippen LogP contribution in [0.3, 0.4) is 0 Å². The second-order valence-corrected chi connectivity index (χ2v) is 4.88. The molecule has 0 saturated carbocycles. The molecule has 1 aromatic carbocycles. The fourth-order valence-corrected chi connectivity index (χ4v) is 2.36. The molecule has 1 saturated heterocycles. The molecule has 7 nitrogen and oxygen atoms in total. The SMILES string of the molecule is COC(=O)C[C@H]1C[C@H](c2ccc(C(N)=NO)cc2)NC1=O. The number of carbonyl (C=O) groups excluding carboxylic acids is 2. The van der Waals surface area contributed by atoms with Gasteiger partial charge in [0.25, 0.3) is 0 Å². The van der Waals surface area contributed by atoms with Crippen LogP contribution in [0.5, 0.6) is 0 Å². The highest BCUT2D eigenvalue weighted by molar-refractivity contribution is 5.97.